The molecule has 0 aliphatic carbocycles. The van der Waals surface area contributed by atoms with Crippen LogP contribution in [0.2, 0.25) is 0 Å². The van der Waals surface area contributed by atoms with Gasteiger partial charge in [0, 0.05) is 4.47 Å². The summed E-state index contributed by atoms with van der Waals surface area (Å²) in [7, 11) is 1.71. The van der Waals surface area contributed by atoms with Crippen molar-refractivity contribution in [3.8, 4) is 5.75 Å². The summed E-state index contributed by atoms with van der Waals surface area (Å²) in [5.41, 5.74) is 1.36. The zero-order valence-corrected chi connectivity index (χ0v) is 11.3. The van der Waals surface area contributed by atoms with Gasteiger partial charge >= 0.3 is 0 Å². The molecule has 1 aromatic carbocycles. The van der Waals surface area contributed by atoms with Crippen LogP contribution in [0.5, 0.6) is 5.75 Å². The van der Waals surface area contributed by atoms with Crippen molar-refractivity contribution in [1.82, 2.24) is 0 Å². The van der Waals surface area contributed by atoms with Crippen molar-refractivity contribution in [3.05, 3.63) is 28.2 Å². The first-order chi connectivity index (χ1) is 7.17. The maximum Gasteiger partial charge on any atom is 0.120 e. The minimum atomic E-state index is 0.608. The van der Waals surface area contributed by atoms with Gasteiger partial charge in [-0.2, -0.15) is 0 Å². The van der Waals surface area contributed by atoms with Gasteiger partial charge in [-0.1, -0.05) is 42.6 Å². The fourth-order valence-corrected chi connectivity index (χ4v) is 2.15. The highest BCUT2D eigenvalue weighted by Gasteiger charge is 2.07. The quantitative estimate of drug-likeness (QED) is 0.750. The first-order valence-corrected chi connectivity index (χ1v) is 6.31. The minimum Gasteiger partial charge on any atom is -0.497 e. The standard InChI is InChI=1S/C13H19BrO/c1-4-5-6-10(2)11-7-12(14)9-13(8-11)15-3/h7-10H,4-6H2,1-3H3. The Morgan fingerprint density at radius 1 is 1.33 bits per heavy atom. The number of hydrogen-bond donors (Lipinski definition) is 0. The molecule has 84 valence electrons. The smallest absolute Gasteiger partial charge is 0.120 e. The highest BCUT2D eigenvalue weighted by molar-refractivity contribution is 9.10. The maximum absolute atomic E-state index is 5.26. The Labute approximate surface area is 101 Å². The summed E-state index contributed by atoms with van der Waals surface area (Å²) >= 11 is 3.51. The fourth-order valence-electron chi connectivity index (χ4n) is 1.66. The molecule has 0 N–H and O–H groups in total. The van der Waals surface area contributed by atoms with Gasteiger partial charge in [0.1, 0.15) is 5.75 Å². The number of halogens is 1. The van der Waals surface area contributed by atoms with E-state index in [0.717, 1.165) is 10.2 Å². The number of unbranched alkanes of at least 4 members (excludes halogenated alkanes) is 1. The zero-order valence-electron chi connectivity index (χ0n) is 9.72. The zero-order chi connectivity index (χ0) is 11.3. The molecule has 1 unspecified atom stereocenters. The molecule has 0 heterocycles. The van der Waals surface area contributed by atoms with Crippen LogP contribution in [-0.2, 0) is 0 Å². The molecule has 0 saturated heterocycles. The lowest BCUT2D eigenvalue weighted by Crippen LogP contribution is -1.95. The van der Waals surface area contributed by atoms with E-state index in [1.54, 1.807) is 7.11 Å². The Morgan fingerprint density at radius 3 is 2.67 bits per heavy atom. The molecule has 0 fully saturated rings. The summed E-state index contributed by atoms with van der Waals surface area (Å²) in [5, 5.41) is 0. The lowest BCUT2D eigenvalue weighted by atomic mass is 9.95. The Kier molecular flexibility index (Phi) is 5.16. The number of hydrogen-bond acceptors (Lipinski definition) is 1. The Morgan fingerprint density at radius 2 is 2.07 bits per heavy atom. The Balaban J connectivity index is 2.78. The molecule has 1 rings (SSSR count). The molecule has 0 aliphatic rings. The normalized spacial score (nSPS) is 12.5. The van der Waals surface area contributed by atoms with Crippen molar-refractivity contribution in [2.24, 2.45) is 0 Å². The summed E-state index contributed by atoms with van der Waals surface area (Å²) < 4.78 is 6.36. The van der Waals surface area contributed by atoms with Crippen molar-refractivity contribution in [2.75, 3.05) is 7.11 Å². The molecule has 1 nitrogen and oxygen atoms in total. The fraction of sp³-hybridized carbons (Fsp3) is 0.538. The first kappa shape index (κ1) is 12.6. The van der Waals surface area contributed by atoms with Crippen molar-refractivity contribution in [3.63, 3.8) is 0 Å². The molecule has 0 bridgehead atoms. The number of ether oxygens (including phenoxy) is 1. The highest BCUT2D eigenvalue weighted by Crippen LogP contribution is 2.28. The van der Waals surface area contributed by atoms with Crippen molar-refractivity contribution >= 4 is 15.9 Å². The van der Waals surface area contributed by atoms with E-state index in [1.165, 1.54) is 24.8 Å². The van der Waals surface area contributed by atoms with Crippen LogP contribution < -0.4 is 4.74 Å². The van der Waals surface area contributed by atoms with Crippen LogP contribution in [0.4, 0.5) is 0 Å². The van der Waals surface area contributed by atoms with Gasteiger partial charge in [0.05, 0.1) is 7.11 Å². The second kappa shape index (κ2) is 6.16. The van der Waals surface area contributed by atoms with E-state index in [0.29, 0.717) is 5.92 Å². The van der Waals surface area contributed by atoms with Crippen LogP contribution in [0.25, 0.3) is 0 Å². The molecule has 1 aromatic rings. The van der Waals surface area contributed by atoms with E-state index in [2.05, 4.69) is 41.9 Å². The molecule has 2 heteroatoms. The van der Waals surface area contributed by atoms with Gasteiger partial charge in [-0.3, -0.25) is 0 Å². The van der Waals surface area contributed by atoms with E-state index in [1.807, 2.05) is 6.07 Å². The van der Waals surface area contributed by atoms with Crippen LogP contribution in [0, 0.1) is 0 Å². The Hall–Kier alpha value is -0.500. The molecular weight excluding hydrogens is 252 g/mol. The number of rotatable bonds is 5. The van der Waals surface area contributed by atoms with E-state index in [4.69, 9.17) is 4.74 Å². The lowest BCUT2D eigenvalue weighted by molar-refractivity contribution is 0.413. The predicted octanol–water partition coefficient (Wildman–Crippen LogP) is 4.75. The second-order valence-corrected chi connectivity index (χ2v) is 4.88. The number of methoxy groups -OCH3 is 1. The average Bonchev–Trinajstić information content (AvgIpc) is 2.24. The van der Waals surface area contributed by atoms with E-state index < -0.39 is 0 Å². The predicted molar refractivity (Wildman–Crippen MR) is 68.6 cm³/mol. The van der Waals surface area contributed by atoms with Crippen LogP contribution in [0.15, 0.2) is 22.7 Å². The SMILES string of the molecule is CCCCC(C)c1cc(Br)cc(OC)c1. The van der Waals surface area contributed by atoms with Crippen LogP contribution in [-0.4, -0.2) is 7.11 Å². The van der Waals surface area contributed by atoms with E-state index >= 15 is 0 Å². The lowest BCUT2D eigenvalue weighted by Gasteiger charge is -2.13. The van der Waals surface area contributed by atoms with Gasteiger partial charge in [0.25, 0.3) is 0 Å². The van der Waals surface area contributed by atoms with E-state index in [9.17, 15) is 0 Å². The monoisotopic (exact) mass is 270 g/mol. The van der Waals surface area contributed by atoms with Gasteiger partial charge < -0.3 is 4.74 Å². The molecule has 0 aromatic heterocycles. The Bertz CT molecular complexity index is 309. The number of benzene rings is 1. The molecule has 0 spiro atoms. The highest BCUT2D eigenvalue weighted by atomic mass is 79.9. The topological polar surface area (TPSA) is 9.23 Å². The summed E-state index contributed by atoms with van der Waals surface area (Å²) in [6.07, 6.45) is 3.79. The maximum atomic E-state index is 5.26. The van der Waals surface area contributed by atoms with Crippen LogP contribution >= 0.6 is 15.9 Å². The molecule has 0 saturated carbocycles. The third kappa shape index (κ3) is 3.86. The van der Waals surface area contributed by atoms with E-state index in [-0.39, 0.29) is 0 Å². The minimum absolute atomic E-state index is 0.608. The molecule has 15 heavy (non-hydrogen) atoms. The van der Waals surface area contributed by atoms with Gasteiger partial charge in [-0.15, -0.1) is 0 Å². The summed E-state index contributed by atoms with van der Waals surface area (Å²) in [4.78, 5) is 0. The molecule has 1 atom stereocenters. The van der Waals surface area contributed by atoms with Gasteiger partial charge in [-0.05, 0) is 36.1 Å². The second-order valence-electron chi connectivity index (χ2n) is 3.97. The molecular formula is C13H19BrO. The summed E-state index contributed by atoms with van der Waals surface area (Å²) in [6, 6.07) is 6.31. The first-order valence-electron chi connectivity index (χ1n) is 5.51. The van der Waals surface area contributed by atoms with Crippen LogP contribution in [0.3, 0.4) is 0 Å². The molecule has 0 radical (unpaired) electrons. The largest absolute Gasteiger partial charge is 0.497 e. The summed E-state index contributed by atoms with van der Waals surface area (Å²) in [6.45, 7) is 4.51. The van der Waals surface area contributed by atoms with Gasteiger partial charge in [0.15, 0.2) is 0 Å². The molecule has 0 aliphatic heterocycles. The average molecular weight is 271 g/mol. The third-order valence-corrected chi connectivity index (χ3v) is 3.15. The molecule has 0 amide bonds. The third-order valence-electron chi connectivity index (χ3n) is 2.69. The summed E-state index contributed by atoms with van der Waals surface area (Å²) in [5.74, 6) is 1.54. The van der Waals surface area contributed by atoms with Crippen molar-refractivity contribution in [2.45, 2.75) is 39.0 Å². The van der Waals surface area contributed by atoms with Gasteiger partial charge in [0.2, 0.25) is 0 Å². The van der Waals surface area contributed by atoms with Crippen molar-refractivity contribution in [1.29, 1.82) is 0 Å². The van der Waals surface area contributed by atoms with Gasteiger partial charge in [-0.25, -0.2) is 0 Å². The van der Waals surface area contributed by atoms with Crippen molar-refractivity contribution < 1.29 is 4.74 Å². The van der Waals surface area contributed by atoms with Crippen LogP contribution in [0.1, 0.15) is 44.6 Å².